The van der Waals surface area contributed by atoms with Gasteiger partial charge in [-0.15, -0.1) is 0 Å². The molecule has 5 nitrogen and oxygen atoms in total. The van der Waals surface area contributed by atoms with E-state index in [2.05, 4.69) is 4.98 Å². The van der Waals surface area contributed by atoms with Gasteiger partial charge in [0.2, 0.25) is 0 Å². The molecule has 2 heterocycles. The second-order valence-corrected chi connectivity index (χ2v) is 4.68. The molecule has 0 aliphatic carbocycles. The number of ether oxygens (including phenoxy) is 1. The Bertz CT molecular complexity index is 436. The van der Waals surface area contributed by atoms with Gasteiger partial charge in [0.25, 0.3) is 5.91 Å². The molecule has 0 radical (unpaired) electrons. The van der Waals surface area contributed by atoms with Crippen LogP contribution in [0.15, 0.2) is 18.2 Å². The third kappa shape index (κ3) is 2.86. The van der Waals surface area contributed by atoms with Crippen LogP contribution in [0.1, 0.15) is 23.1 Å². The summed E-state index contributed by atoms with van der Waals surface area (Å²) in [7, 11) is 0. The summed E-state index contributed by atoms with van der Waals surface area (Å²) in [4.78, 5) is 18.4. The van der Waals surface area contributed by atoms with Crippen molar-refractivity contribution in [1.29, 1.82) is 0 Å². The Labute approximate surface area is 107 Å². The quantitative estimate of drug-likeness (QED) is 0.832. The van der Waals surface area contributed by atoms with Gasteiger partial charge in [-0.25, -0.2) is 4.98 Å². The van der Waals surface area contributed by atoms with Crippen LogP contribution in [0.25, 0.3) is 0 Å². The maximum absolute atomic E-state index is 12.3. The number of nitrogens with zero attached hydrogens (tertiary/aromatic N) is 2. The molecular formula is C13H19N3O2. The standard InChI is InChI=1S/C13H19N3O2/c1-9-4-3-5-12(15-9)13(17)16-7-10(2)18-11(6-14)8-16/h3-5,10-11H,6-8,14H2,1-2H3. The summed E-state index contributed by atoms with van der Waals surface area (Å²) < 4.78 is 5.64. The van der Waals surface area contributed by atoms with Gasteiger partial charge in [-0.2, -0.15) is 0 Å². The van der Waals surface area contributed by atoms with Crippen molar-refractivity contribution in [3.05, 3.63) is 29.6 Å². The van der Waals surface area contributed by atoms with E-state index in [1.165, 1.54) is 0 Å². The highest BCUT2D eigenvalue weighted by molar-refractivity contribution is 5.92. The average Bonchev–Trinajstić information content (AvgIpc) is 2.37. The Morgan fingerprint density at radius 3 is 3.00 bits per heavy atom. The van der Waals surface area contributed by atoms with E-state index < -0.39 is 0 Å². The molecule has 2 N–H and O–H groups in total. The molecule has 1 fully saturated rings. The molecule has 18 heavy (non-hydrogen) atoms. The lowest BCUT2D eigenvalue weighted by Gasteiger charge is -2.36. The first-order valence-electron chi connectivity index (χ1n) is 6.18. The summed E-state index contributed by atoms with van der Waals surface area (Å²) >= 11 is 0. The zero-order chi connectivity index (χ0) is 13.1. The highest BCUT2D eigenvalue weighted by Gasteiger charge is 2.28. The minimum absolute atomic E-state index is 0.0149. The Kier molecular flexibility index (Phi) is 3.93. The van der Waals surface area contributed by atoms with Crippen LogP contribution >= 0.6 is 0 Å². The van der Waals surface area contributed by atoms with Crippen LogP contribution in [0.3, 0.4) is 0 Å². The van der Waals surface area contributed by atoms with Crippen molar-refractivity contribution in [2.75, 3.05) is 19.6 Å². The van der Waals surface area contributed by atoms with E-state index in [1.807, 2.05) is 26.0 Å². The normalized spacial score (nSPS) is 24.1. The molecule has 0 spiro atoms. The lowest BCUT2D eigenvalue weighted by atomic mass is 10.2. The van der Waals surface area contributed by atoms with Crippen molar-refractivity contribution in [3.63, 3.8) is 0 Å². The highest BCUT2D eigenvalue weighted by atomic mass is 16.5. The minimum Gasteiger partial charge on any atom is -0.370 e. The van der Waals surface area contributed by atoms with E-state index in [-0.39, 0.29) is 18.1 Å². The zero-order valence-electron chi connectivity index (χ0n) is 10.8. The van der Waals surface area contributed by atoms with Crippen LogP contribution in [-0.4, -0.2) is 47.6 Å². The molecule has 1 amide bonds. The Balaban J connectivity index is 2.13. The molecule has 1 aliphatic rings. The molecule has 1 aromatic rings. The van der Waals surface area contributed by atoms with Crippen LogP contribution in [0, 0.1) is 6.92 Å². The molecular weight excluding hydrogens is 230 g/mol. The van der Waals surface area contributed by atoms with Crippen LogP contribution in [0.5, 0.6) is 0 Å². The predicted octanol–water partition coefficient (Wildman–Crippen LogP) is 0.578. The number of aryl methyl sites for hydroxylation is 1. The number of hydrogen-bond acceptors (Lipinski definition) is 4. The average molecular weight is 249 g/mol. The van der Waals surface area contributed by atoms with E-state index in [0.29, 0.717) is 25.3 Å². The summed E-state index contributed by atoms with van der Waals surface area (Å²) in [6, 6.07) is 5.47. The second-order valence-electron chi connectivity index (χ2n) is 4.68. The van der Waals surface area contributed by atoms with Gasteiger partial charge in [0.05, 0.1) is 12.2 Å². The number of carbonyl (C=O) groups is 1. The molecule has 5 heteroatoms. The summed E-state index contributed by atoms with van der Waals surface area (Å²) in [5, 5.41) is 0. The number of pyridine rings is 1. The van der Waals surface area contributed by atoms with Gasteiger partial charge in [0.1, 0.15) is 5.69 Å². The molecule has 2 atom stereocenters. The fourth-order valence-corrected chi connectivity index (χ4v) is 2.17. The Hall–Kier alpha value is -1.46. The van der Waals surface area contributed by atoms with Crippen LogP contribution < -0.4 is 5.73 Å². The van der Waals surface area contributed by atoms with E-state index >= 15 is 0 Å². The fraction of sp³-hybridized carbons (Fsp3) is 0.538. The largest absolute Gasteiger partial charge is 0.370 e. The maximum atomic E-state index is 12.3. The number of aromatic nitrogens is 1. The first-order chi connectivity index (χ1) is 8.60. The molecule has 98 valence electrons. The summed E-state index contributed by atoms with van der Waals surface area (Å²) in [5.41, 5.74) is 6.94. The third-order valence-corrected chi connectivity index (χ3v) is 2.98. The molecule has 0 aromatic carbocycles. The van der Waals surface area contributed by atoms with Crippen molar-refractivity contribution in [3.8, 4) is 0 Å². The smallest absolute Gasteiger partial charge is 0.272 e. The fourth-order valence-electron chi connectivity index (χ4n) is 2.17. The number of carbonyl (C=O) groups excluding carboxylic acids is 1. The number of rotatable bonds is 2. The summed E-state index contributed by atoms with van der Waals surface area (Å²) in [5.74, 6) is -0.0488. The van der Waals surface area contributed by atoms with E-state index in [4.69, 9.17) is 10.5 Å². The van der Waals surface area contributed by atoms with Crippen LogP contribution in [0.2, 0.25) is 0 Å². The van der Waals surface area contributed by atoms with E-state index in [9.17, 15) is 4.79 Å². The van der Waals surface area contributed by atoms with Gasteiger partial charge >= 0.3 is 0 Å². The molecule has 0 bridgehead atoms. The molecule has 2 unspecified atom stereocenters. The first kappa shape index (κ1) is 13.0. The molecule has 1 aromatic heterocycles. The van der Waals surface area contributed by atoms with Crippen LogP contribution in [-0.2, 0) is 4.74 Å². The Morgan fingerprint density at radius 1 is 1.56 bits per heavy atom. The van der Waals surface area contributed by atoms with Crippen molar-refractivity contribution >= 4 is 5.91 Å². The lowest BCUT2D eigenvalue weighted by Crippen LogP contribution is -2.51. The number of morpholine rings is 1. The number of nitrogens with two attached hydrogens (primary N) is 1. The van der Waals surface area contributed by atoms with E-state index in [0.717, 1.165) is 5.69 Å². The molecule has 1 saturated heterocycles. The van der Waals surface area contributed by atoms with Gasteiger partial charge in [-0.1, -0.05) is 6.07 Å². The van der Waals surface area contributed by atoms with Gasteiger partial charge in [-0.05, 0) is 26.0 Å². The lowest BCUT2D eigenvalue weighted by molar-refractivity contribution is -0.0627. The molecule has 1 aliphatic heterocycles. The van der Waals surface area contributed by atoms with Gasteiger partial charge in [-0.3, -0.25) is 4.79 Å². The van der Waals surface area contributed by atoms with Gasteiger partial charge in [0, 0.05) is 25.3 Å². The molecule has 0 saturated carbocycles. The van der Waals surface area contributed by atoms with Crippen molar-refractivity contribution in [1.82, 2.24) is 9.88 Å². The van der Waals surface area contributed by atoms with E-state index in [1.54, 1.807) is 11.0 Å². The Morgan fingerprint density at radius 2 is 2.33 bits per heavy atom. The number of hydrogen-bond donors (Lipinski definition) is 1. The second kappa shape index (κ2) is 5.46. The monoisotopic (exact) mass is 249 g/mol. The van der Waals surface area contributed by atoms with Gasteiger partial charge < -0.3 is 15.4 Å². The minimum atomic E-state index is -0.0810. The van der Waals surface area contributed by atoms with Gasteiger partial charge in [0.15, 0.2) is 0 Å². The first-order valence-corrected chi connectivity index (χ1v) is 6.18. The summed E-state index contributed by atoms with van der Waals surface area (Å²) in [6.07, 6.45) is -0.0661. The van der Waals surface area contributed by atoms with Crippen LogP contribution in [0.4, 0.5) is 0 Å². The predicted molar refractivity (Wildman–Crippen MR) is 68.3 cm³/mol. The zero-order valence-corrected chi connectivity index (χ0v) is 10.8. The highest BCUT2D eigenvalue weighted by Crippen LogP contribution is 2.13. The summed E-state index contributed by atoms with van der Waals surface area (Å²) in [6.45, 7) is 5.38. The maximum Gasteiger partial charge on any atom is 0.272 e. The van der Waals surface area contributed by atoms with Crippen molar-refractivity contribution in [2.24, 2.45) is 5.73 Å². The third-order valence-electron chi connectivity index (χ3n) is 2.98. The topological polar surface area (TPSA) is 68.5 Å². The van der Waals surface area contributed by atoms with Crippen molar-refractivity contribution < 1.29 is 9.53 Å². The number of amides is 1. The van der Waals surface area contributed by atoms with Crippen molar-refractivity contribution in [2.45, 2.75) is 26.1 Å². The molecule has 2 rings (SSSR count). The SMILES string of the molecule is Cc1cccc(C(=O)N2CC(C)OC(CN)C2)n1.